The summed E-state index contributed by atoms with van der Waals surface area (Å²) >= 11 is 6.74. The fourth-order valence-electron chi connectivity index (χ4n) is 1.83. The zero-order valence-electron chi connectivity index (χ0n) is 11.0. The van der Waals surface area contributed by atoms with E-state index in [2.05, 4.69) is 36.3 Å². The van der Waals surface area contributed by atoms with Gasteiger partial charge in [-0.15, -0.1) is 11.3 Å². The molecule has 100 valence electrons. The Bertz CT molecular complexity index is 560. The number of nitrogens with one attached hydrogen (secondary N) is 1. The monoisotopic (exact) mass is 291 g/mol. The maximum Gasteiger partial charge on any atom is 0.126 e. The smallest absolute Gasteiger partial charge is 0.126 e. The van der Waals surface area contributed by atoms with Crippen LogP contribution in [0.15, 0.2) is 30.5 Å². The van der Waals surface area contributed by atoms with Crippen molar-refractivity contribution >= 4 is 34.4 Å². The molecule has 0 bridgehead atoms. The topological polar surface area (TPSA) is 50.9 Å². The molecule has 3 nitrogen and oxygen atoms in total. The summed E-state index contributed by atoms with van der Waals surface area (Å²) in [5.41, 5.74) is 6.34. The minimum absolute atomic E-state index is 0.334. The second-order valence-electron chi connectivity index (χ2n) is 4.56. The van der Waals surface area contributed by atoms with Crippen LogP contribution in [0.2, 0.25) is 0 Å². The molecule has 0 aromatic carbocycles. The largest absolute Gasteiger partial charge is 0.389 e. The predicted octanol–water partition coefficient (Wildman–Crippen LogP) is 3.13. The lowest BCUT2D eigenvalue weighted by Crippen LogP contribution is -2.18. The van der Waals surface area contributed by atoms with Crippen molar-refractivity contribution in [2.24, 2.45) is 5.73 Å². The third-order valence-corrected chi connectivity index (χ3v) is 4.00. The molecule has 0 amide bonds. The zero-order chi connectivity index (χ0) is 13.8. The number of thiophene rings is 1. The van der Waals surface area contributed by atoms with Gasteiger partial charge in [0.2, 0.25) is 0 Å². The summed E-state index contributed by atoms with van der Waals surface area (Å²) in [6.07, 6.45) is 2.70. The van der Waals surface area contributed by atoms with E-state index >= 15 is 0 Å². The highest BCUT2D eigenvalue weighted by molar-refractivity contribution is 7.80. The first-order valence-corrected chi connectivity index (χ1v) is 7.35. The molecule has 0 radical (unpaired) electrons. The highest BCUT2D eigenvalue weighted by Gasteiger charge is 2.06. The molecule has 0 saturated carbocycles. The molecule has 0 saturated heterocycles. The Kier molecular flexibility index (Phi) is 4.50. The van der Waals surface area contributed by atoms with Crippen LogP contribution in [0.3, 0.4) is 0 Å². The normalized spacial score (nSPS) is 12.1. The molecule has 2 heterocycles. The van der Waals surface area contributed by atoms with E-state index in [1.807, 2.05) is 23.5 Å². The van der Waals surface area contributed by atoms with Gasteiger partial charge in [-0.25, -0.2) is 4.98 Å². The number of thiocarbonyl (C=S) groups is 1. The summed E-state index contributed by atoms with van der Waals surface area (Å²) in [7, 11) is 0. The maximum absolute atomic E-state index is 5.54. The molecule has 0 aliphatic heterocycles. The number of rotatable bonds is 5. The van der Waals surface area contributed by atoms with Gasteiger partial charge in [-0.05, 0) is 38.1 Å². The molecule has 0 fully saturated rings. The number of aromatic nitrogens is 1. The lowest BCUT2D eigenvalue weighted by molar-refractivity contribution is 0.794. The Labute approximate surface area is 122 Å². The van der Waals surface area contributed by atoms with E-state index in [0.29, 0.717) is 11.0 Å². The first kappa shape index (κ1) is 14.0. The standard InChI is InChI=1S/C14H17N3S2/c1-9(7-12-5-3-10(2)19-12)17-13-6-4-11(8-16-13)14(15)18/h3-6,8-9H,7H2,1-2H3,(H2,15,18)(H,16,17). The van der Waals surface area contributed by atoms with Gasteiger partial charge in [-0.2, -0.15) is 0 Å². The van der Waals surface area contributed by atoms with Crippen LogP contribution in [0.1, 0.15) is 22.2 Å². The van der Waals surface area contributed by atoms with E-state index < -0.39 is 0 Å². The number of aryl methyl sites for hydroxylation is 1. The molecular formula is C14H17N3S2. The Balaban J connectivity index is 1.94. The van der Waals surface area contributed by atoms with Crippen LogP contribution in [0.5, 0.6) is 0 Å². The molecule has 0 spiro atoms. The first-order chi connectivity index (χ1) is 9.04. The molecule has 0 aliphatic carbocycles. The van der Waals surface area contributed by atoms with Crippen molar-refractivity contribution in [3.05, 3.63) is 45.8 Å². The summed E-state index contributed by atoms with van der Waals surface area (Å²) in [5.74, 6) is 0.848. The second-order valence-corrected chi connectivity index (χ2v) is 6.37. The van der Waals surface area contributed by atoms with Gasteiger partial charge in [-0.3, -0.25) is 0 Å². The molecule has 0 aliphatic rings. The number of anilines is 1. The second kappa shape index (κ2) is 6.12. The summed E-state index contributed by atoms with van der Waals surface area (Å²) in [6.45, 7) is 4.28. The van der Waals surface area contributed by atoms with Gasteiger partial charge in [-0.1, -0.05) is 12.2 Å². The van der Waals surface area contributed by atoms with Gasteiger partial charge < -0.3 is 11.1 Å². The van der Waals surface area contributed by atoms with E-state index in [0.717, 1.165) is 17.8 Å². The molecule has 2 aromatic rings. The van der Waals surface area contributed by atoms with E-state index in [4.69, 9.17) is 18.0 Å². The summed E-state index contributed by atoms with van der Waals surface area (Å²) in [6, 6.07) is 8.47. The van der Waals surface area contributed by atoms with Crippen LogP contribution in [0.25, 0.3) is 0 Å². The van der Waals surface area contributed by atoms with E-state index in [-0.39, 0.29) is 0 Å². The van der Waals surface area contributed by atoms with Crippen LogP contribution >= 0.6 is 23.6 Å². The number of hydrogen-bond acceptors (Lipinski definition) is 4. The lowest BCUT2D eigenvalue weighted by atomic mass is 10.2. The molecule has 19 heavy (non-hydrogen) atoms. The predicted molar refractivity (Wildman–Crippen MR) is 86.0 cm³/mol. The van der Waals surface area contributed by atoms with E-state index in [1.165, 1.54) is 9.75 Å². The zero-order valence-corrected chi connectivity index (χ0v) is 12.6. The molecule has 5 heteroatoms. The third-order valence-electron chi connectivity index (χ3n) is 2.75. The summed E-state index contributed by atoms with van der Waals surface area (Å²) in [4.78, 5) is 7.42. The maximum atomic E-state index is 5.54. The van der Waals surface area contributed by atoms with Crippen LogP contribution in [-0.4, -0.2) is 16.0 Å². The molecule has 3 N–H and O–H groups in total. The minimum atomic E-state index is 0.334. The highest BCUT2D eigenvalue weighted by atomic mass is 32.1. The third kappa shape index (κ3) is 4.01. The van der Waals surface area contributed by atoms with Gasteiger partial charge >= 0.3 is 0 Å². The van der Waals surface area contributed by atoms with E-state index in [9.17, 15) is 0 Å². The van der Waals surface area contributed by atoms with Gasteiger partial charge in [0, 0.05) is 34.0 Å². The number of nitrogens with two attached hydrogens (primary N) is 1. The number of hydrogen-bond donors (Lipinski definition) is 2. The molecule has 2 aromatic heterocycles. The van der Waals surface area contributed by atoms with Crippen molar-refractivity contribution in [3.8, 4) is 0 Å². The quantitative estimate of drug-likeness (QED) is 0.831. The Hall–Kier alpha value is -1.46. The molecular weight excluding hydrogens is 274 g/mol. The van der Waals surface area contributed by atoms with Gasteiger partial charge in [0.15, 0.2) is 0 Å². The van der Waals surface area contributed by atoms with Crippen LogP contribution in [-0.2, 0) is 6.42 Å². The number of nitrogens with zero attached hydrogens (tertiary/aromatic N) is 1. The van der Waals surface area contributed by atoms with Gasteiger partial charge in [0.05, 0.1) is 0 Å². The molecule has 1 unspecified atom stereocenters. The average Bonchev–Trinajstić information content (AvgIpc) is 2.75. The highest BCUT2D eigenvalue weighted by Crippen LogP contribution is 2.18. The van der Waals surface area contributed by atoms with Crippen LogP contribution in [0.4, 0.5) is 5.82 Å². The van der Waals surface area contributed by atoms with E-state index in [1.54, 1.807) is 6.20 Å². The molecule has 1 atom stereocenters. The number of pyridine rings is 1. The summed E-state index contributed by atoms with van der Waals surface area (Å²) in [5, 5.41) is 3.38. The van der Waals surface area contributed by atoms with Gasteiger partial charge in [0.25, 0.3) is 0 Å². The van der Waals surface area contributed by atoms with Crippen molar-refractivity contribution in [3.63, 3.8) is 0 Å². The summed E-state index contributed by atoms with van der Waals surface area (Å²) < 4.78 is 0. The SMILES string of the molecule is Cc1ccc(CC(C)Nc2ccc(C(N)=S)cn2)s1. The van der Waals surface area contributed by atoms with Crippen molar-refractivity contribution in [2.45, 2.75) is 26.3 Å². The minimum Gasteiger partial charge on any atom is -0.389 e. The Morgan fingerprint density at radius 3 is 2.74 bits per heavy atom. The van der Waals surface area contributed by atoms with Crippen molar-refractivity contribution in [1.82, 2.24) is 4.98 Å². The lowest BCUT2D eigenvalue weighted by Gasteiger charge is -2.13. The fourth-order valence-corrected chi connectivity index (χ4v) is 2.96. The first-order valence-electron chi connectivity index (χ1n) is 6.12. The Morgan fingerprint density at radius 2 is 2.21 bits per heavy atom. The van der Waals surface area contributed by atoms with Crippen molar-refractivity contribution < 1.29 is 0 Å². The van der Waals surface area contributed by atoms with Gasteiger partial charge in [0.1, 0.15) is 10.8 Å². The Morgan fingerprint density at radius 1 is 1.42 bits per heavy atom. The molecule has 2 rings (SSSR count). The van der Waals surface area contributed by atoms with Crippen LogP contribution < -0.4 is 11.1 Å². The van der Waals surface area contributed by atoms with Crippen molar-refractivity contribution in [1.29, 1.82) is 0 Å². The van der Waals surface area contributed by atoms with Crippen LogP contribution in [0, 0.1) is 6.92 Å². The van der Waals surface area contributed by atoms with Crippen molar-refractivity contribution in [2.75, 3.05) is 5.32 Å². The average molecular weight is 291 g/mol. The fraction of sp³-hybridized carbons (Fsp3) is 0.286.